The van der Waals surface area contributed by atoms with E-state index in [2.05, 4.69) is 15.4 Å². The molecule has 0 bridgehead atoms. The molecule has 0 saturated carbocycles. The van der Waals surface area contributed by atoms with Crippen molar-refractivity contribution < 1.29 is 26.4 Å². The van der Waals surface area contributed by atoms with E-state index in [-0.39, 0.29) is 15.5 Å². The van der Waals surface area contributed by atoms with Gasteiger partial charge in [-0.05, 0) is 42.8 Å². The first-order chi connectivity index (χ1) is 12.9. The predicted octanol–water partition coefficient (Wildman–Crippen LogP) is 0.189. The Balaban J connectivity index is 1.94. The van der Waals surface area contributed by atoms with Gasteiger partial charge in [0.1, 0.15) is 5.54 Å². The van der Waals surface area contributed by atoms with Crippen LogP contribution < -0.4 is 20.5 Å². The molecule has 1 aliphatic rings. The maximum Gasteiger partial charge on any atom is 0.322 e. The van der Waals surface area contributed by atoms with E-state index in [4.69, 9.17) is 5.14 Å². The van der Waals surface area contributed by atoms with Crippen molar-refractivity contribution >= 4 is 37.7 Å². The van der Waals surface area contributed by atoms with Gasteiger partial charge >= 0.3 is 6.03 Å². The van der Waals surface area contributed by atoms with Crippen LogP contribution in [0.2, 0.25) is 0 Å². The summed E-state index contributed by atoms with van der Waals surface area (Å²) >= 11 is 0. The van der Waals surface area contributed by atoms with Gasteiger partial charge in [0.05, 0.1) is 9.79 Å². The number of anilines is 1. The van der Waals surface area contributed by atoms with Crippen LogP contribution >= 0.6 is 0 Å². The summed E-state index contributed by atoms with van der Waals surface area (Å²) in [7, 11) is -8.21. The van der Waals surface area contributed by atoms with Crippen molar-refractivity contribution in [2.45, 2.75) is 22.3 Å². The summed E-state index contributed by atoms with van der Waals surface area (Å²) in [6, 6.07) is 9.84. The molecule has 1 unspecified atom stereocenters. The fourth-order valence-corrected chi connectivity index (χ4v) is 4.40. The maximum atomic E-state index is 12.6. The van der Waals surface area contributed by atoms with Crippen molar-refractivity contribution in [2.75, 3.05) is 4.72 Å². The number of amides is 3. The number of primary sulfonamides is 1. The zero-order chi connectivity index (χ0) is 20.7. The summed E-state index contributed by atoms with van der Waals surface area (Å²) in [5.74, 6) is -0.571. The molecule has 28 heavy (non-hydrogen) atoms. The molecule has 1 fully saturated rings. The van der Waals surface area contributed by atoms with Crippen LogP contribution in [0.3, 0.4) is 0 Å². The van der Waals surface area contributed by atoms with Crippen molar-refractivity contribution in [3.05, 3.63) is 54.1 Å². The lowest BCUT2D eigenvalue weighted by Gasteiger charge is -2.21. The number of carbonyl (C=O) groups is 2. The Hall–Kier alpha value is -2.96. The van der Waals surface area contributed by atoms with Gasteiger partial charge in [0.15, 0.2) is 0 Å². The number of hydrogen-bond acceptors (Lipinski definition) is 6. The fraction of sp³-hybridized carbons (Fsp3) is 0.125. The van der Waals surface area contributed by atoms with Gasteiger partial charge < -0.3 is 5.32 Å². The predicted molar refractivity (Wildman–Crippen MR) is 99.1 cm³/mol. The highest BCUT2D eigenvalue weighted by atomic mass is 32.2. The van der Waals surface area contributed by atoms with Crippen LogP contribution in [0.5, 0.6) is 0 Å². The SMILES string of the molecule is CC1(c2cccc(NS(=O)(=O)c3cccc(S(N)(=O)=O)c3)c2)NC(=O)NC1=O. The largest absolute Gasteiger partial charge is 0.322 e. The molecule has 1 atom stereocenters. The number of carbonyl (C=O) groups excluding carboxylic acids is 2. The molecular weight excluding hydrogens is 408 g/mol. The summed E-state index contributed by atoms with van der Waals surface area (Å²) in [6.45, 7) is 1.48. The first kappa shape index (κ1) is 19.8. The molecule has 12 heteroatoms. The van der Waals surface area contributed by atoms with Crippen molar-refractivity contribution in [3.63, 3.8) is 0 Å². The number of hydrogen-bond donors (Lipinski definition) is 4. The van der Waals surface area contributed by atoms with Gasteiger partial charge in [0, 0.05) is 5.69 Å². The third-order valence-electron chi connectivity index (χ3n) is 4.18. The standard InChI is InChI=1S/C16H16N4O6S2/c1-16(14(21)18-15(22)19-16)10-4-2-5-11(8-10)20-28(25,26)13-7-3-6-12(9-13)27(17,23)24/h2-9,20H,1H3,(H2,17,23,24)(H2,18,19,21,22). The molecule has 2 aromatic rings. The lowest BCUT2D eigenvalue weighted by Crippen LogP contribution is -2.40. The van der Waals surface area contributed by atoms with Crippen LogP contribution in [0.4, 0.5) is 10.5 Å². The van der Waals surface area contributed by atoms with E-state index < -0.39 is 37.5 Å². The Labute approximate surface area is 161 Å². The highest BCUT2D eigenvalue weighted by Crippen LogP contribution is 2.27. The number of benzene rings is 2. The van der Waals surface area contributed by atoms with Crippen molar-refractivity contribution in [3.8, 4) is 0 Å². The molecule has 1 aliphatic heterocycles. The second-order valence-electron chi connectivity index (χ2n) is 6.24. The van der Waals surface area contributed by atoms with Crippen molar-refractivity contribution in [1.29, 1.82) is 0 Å². The van der Waals surface area contributed by atoms with Crippen molar-refractivity contribution in [2.24, 2.45) is 5.14 Å². The molecule has 5 N–H and O–H groups in total. The molecule has 0 radical (unpaired) electrons. The van der Waals surface area contributed by atoms with E-state index in [0.29, 0.717) is 5.56 Å². The van der Waals surface area contributed by atoms with E-state index in [0.717, 1.165) is 6.07 Å². The fourth-order valence-electron chi connectivity index (χ4n) is 2.67. The van der Waals surface area contributed by atoms with Gasteiger partial charge in [0.2, 0.25) is 10.0 Å². The molecule has 1 saturated heterocycles. The third-order valence-corrected chi connectivity index (χ3v) is 6.47. The number of imide groups is 1. The molecule has 3 rings (SSSR count). The van der Waals surface area contributed by atoms with Crippen LogP contribution in [-0.2, 0) is 30.4 Å². The molecule has 0 aliphatic carbocycles. The second-order valence-corrected chi connectivity index (χ2v) is 9.48. The Kier molecular flexibility index (Phi) is 4.65. The van der Waals surface area contributed by atoms with Gasteiger partial charge in [-0.3, -0.25) is 14.8 Å². The summed E-state index contributed by atoms with van der Waals surface area (Å²) in [4.78, 5) is 22.8. The third kappa shape index (κ3) is 3.69. The Morgan fingerprint density at radius 1 is 0.964 bits per heavy atom. The minimum absolute atomic E-state index is 0.119. The highest BCUT2D eigenvalue weighted by molar-refractivity contribution is 7.93. The topological polar surface area (TPSA) is 165 Å². The molecule has 148 valence electrons. The molecular formula is C16H16N4O6S2. The normalized spacial score (nSPS) is 19.8. The van der Waals surface area contributed by atoms with Crippen LogP contribution in [0.1, 0.15) is 12.5 Å². The van der Waals surface area contributed by atoms with Gasteiger partial charge in [-0.25, -0.2) is 26.8 Å². The second kappa shape index (κ2) is 6.58. The number of urea groups is 1. The van der Waals surface area contributed by atoms with Gasteiger partial charge in [-0.2, -0.15) is 0 Å². The van der Waals surface area contributed by atoms with E-state index in [1.807, 2.05) is 0 Å². The zero-order valence-electron chi connectivity index (χ0n) is 14.5. The zero-order valence-corrected chi connectivity index (χ0v) is 16.1. The average Bonchev–Trinajstić information content (AvgIpc) is 2.87. The average molecular weight is 424 g/mol. The number of nitrogens with two attached hydrogens (primary N) is 1. The van der Waals surface area contributed by atoms with Gasteiger partial charge in [-0.15, -0.1) is 0 Å². The Morgan fingerprint density at radius 2 is 1.61 bits per heavy atom. The monoisotopic (exact) mass is 424 g/mol. The molecule has 2 aromatic carbocycles. The van der Waals surface area contributed by atoms with Crippen molar-refractivity contribution in [1.82, 2.24) is 10.6 Å². The lowest BCUT2D eigenvalue weighted by atomic mass is 9.92. The minimum Gasteiger partial charge on any atom is -0.320 e. The van der Waals surface area contributed by atoms with E-state index in [1.54, 1.807) is 6.07 Å². The quantitative estimate of drug-likeness (QED) is 0.500. The molecule has 0 spiro atoms. The number of rotatable bonds is 5. The van der Waals surface area contributed by atoms with E-state index in [9.17, 15) is 26.4 Å². The summed E-state index contributed by atoms with van der Waals surface area (Å²) < 4.78 is 50.4. The Bertz CT molecular complexity index is 1190. The smallest absolute Gasteiger partial charge is 0.320 e. The van der Waals surface area contributed by atoms with Crippen LogP contribution in [0, 0.1) is 0 Å². The first-order valence-corrected chi connectivity index (χ1v) is 10.8. The summed E-state index contributed by atoms with van der Waals surface area (Å²) in [6.07, 6.45) is 0. The van der Waals surface area contributed by atoms with Crippen LogP contribution in [0.25, 0.3) is 0 Å². The molecule has 0 aromatic heterocycles. The maximum absolute atomic E-state index is 12.6. The molecule has 1 heterocycles. The van der Waals surface area contributed by atoms with Crippen LogP contribution in [0.15, 0.2) is 58.3 Å². The first-order valence-electron chi connectivity index (χ1n) is 7.82. The number of nitrogens with one attached hydrogen (secondary N) is 3. The van der Waals surface area contributed by atoms with E-state index in [1.165, 1.54) is 43.3 Å². The molecule has 10 nitrogen and oxygen atoms in total. The van der Waals surface area contributed by atoms with Gasteiger partial charge in [0.25, 0.3) is 15.9 Å². The summed E-state index contributed by atoms with van der Waals surface area (Å²) in [5.41, 5.74) is -0.880. The minimum atomic E-state index is -4.14. The molecule has 3 amide bonds. The number of sulfonamides is 2. The summed E-state index contributed by atoms with van der Waals surface area (Å²) in [5, 5.41) is 9.64. The highest BCUT2D eigenvalue weighted by Gasteiger charge is 2.43. The van der Waals surface area contributed by atoms with E-state index >= 15 is 0 Å². The lowest BCUT2D eigenvalue weighted by molar-refractivity contribution is -0.123. The van der Waals surface area contributed by atoms with Gasteiger partial charge in [-0.1, -0.05) is 18.2 Å². The Morgan fingerprint density at radius 3 is 2.21 bits per heavy atom. The van der Waals surface area contributed by atoms with Crippen LogP contribution in [-0.4, -0.2) is 28.8 Å².